The van der Waals surface area contributed by atoms with Crippen LogP contribution in [-0.4, -0.2) is 7.05 Å². The van der Waals surface area contributed by atoms with Crippen LogP contribution in [0.3, 0.4) is 0 Å². The number of rotatable bonds is 3. The molecule has 1 aromatic heterocycles. The molecule has 18 heavy (non-hydrogen) atoms. The summed E-state index contributed by atoms with van der Waals surface area (Å²) in [7, 11) is 1.88. The minimum Gasteiger partial charge on any atom is -0.309 e. The molecular weight excluding hydrogens is 381 g/mol. The molecule has 1 aromatic carbocycles. The quantitative estimate of drug-likeness (QED) is 0.772. The Bertz CT molecular complexity index is 568. The second kappa shape index (κ2) is 5.82. The van der Waals surface area contributed by atoms with Gasteiger partial charge in [0.05, 0.1) is 10.5 Å². The SMILES string of the molecule is CNC(c1cccc(F)c1Br)c1sc(C)cc1Br. The first kappa shape index (κ1) is 14.2. The van der Waals surface area contributed by atoms with Crippen molar-refractivity contribution >= 4 is 43.2 Å². The molecule has 1 heterocycles. The van der Waals surface area contributed by atoms with Crippen LogP contribution in [0, 0.1) is 12.7 Å². The maximum Gasteiger partial charge on any atom is 0.137 e. The van der Waals surface area contributed by atoms with Gasteiger partial charge in [0, 0.05) is 14.2 Å². The smallest absolute Gasteiger partial charge is 0.137 e. The highest BCUT2D eigenvalue weighted by molar-refractivity contribution is 9.10. The van der Waals surface area contributed by atoms with Gasteiger partial charge in [-0.1, -0.05) is 12.1 Å². The summed E-state index contributed by atoms with van der Waals surface area (Å²) < 4.78 is 15.2. The Hall–Kier alpha value is -0.230. The lowest BCUT2D eigenvalue weighted by atomic mass is 10.1. The highest BCUT2D eigenvalue weighted by atomic mass is 79.9. The number of hydrogen-bond donors (Lipinski definition) is 1. The third-order valence-electron chi connectivity index (χ3n) is 2.68. The highest BCUT2D eigenvalue weighted by Crippen LogP contribution is 2.38. The van der Waals surface area contributed by atoms with E-state index < -0.39 is 0 Å². The highest BCUT2D eigenvalue weighted by Gasteiger charge is 2.21. The minimum absolute atomic E-state index is 0.0249. The van der Waals surface area contributed by atoms with Gasteiger partial charge in [0.2, 0.25) is 0 Å². The molecule has 1 N–H and O–H groups in total. The van der Waals surface area contributed by atoms with Gasteiger partial charge in [0.25, 0.3) is 0 Å². The van der Waals surface area contributed by atoms with Crippen LogP contribution in [-0.2, 0) is 0 Å². The molecule has 0 bridgehead atoms. The first-order valence-corrected chi connectivity index (χ1v) is 7.82. The molecular formula is C13H12Br2FNS. The van der Waals surface area contributed by atoms with Crippen LogP contribution in [0.15, 0.2) is 33.2 Å². The summed E-state index contributed by atoms with van der Waals surface area (Å²) in [6.07, 6.45) is 0. The fraction of sp³-hybridized carbons (Fsp3) is 0.231. The molecule has 1 unspecified atom stereocenters. The predicted molar refractivity (Wildman–Crippen MR) is 81.8 cm³/mol. The van der Waals surface area contributed by atoms with Crippen molar-refractivity contribution in [2.45, 2.75) is 13.0 Å². The number of thiophene rings is 1. The molecule has 96 valence electrons. The summed E-state index contributed by atoms with van der Waals surface area (Å²) >= 11 is 8.59. The Morgan fingerprint density at radius 1 is 1.33 bits per heavy atom. The zero-order valence-corrected chi connectivity index (χ0v) is 13.9. The second-order valence-electron chi connectivity index (χ2n) is 3.93. The van der Waals surface area contributed by atoms with Crippen LogP contribution in [0.2, 0.25) is 0 Å². The average molecular weight is 393 g/mol. The maximum atomic E-state index is 13.6. The molecule has 1 atom stereocenters. The predicted octanol–water partition coefficient (Wildman–Crippen LogP) is 5.03. The first-order chi connectivity index (χ1) is 8.54. The van der Waals surface area contributed by atoms with Crippen molar-refractivity contribution < 1.29 is 4.39 Å². The third-order valence-corrected chi connectivity index (χ3v) is 5.55. The van der Waals surface area contributed by atoms with E-state index in [0.29, 0.717) is 4.47 Å². The van der Waals surface area contributed by atoms with Crippen molar-refractivity contribution in [1.29, 1.82) is 0 Å². The molecule has 2 rings (SSSR count). The summed E-state index contributed by atoms with van der Waals surface area (Å²) in [5, 5.41) is 3.24. The van der Waals surface area contributed by atoms with Gasteiger partial charge in [-0.05, 0) is 63.5 Å². The van der Waals surface area contributed by atoms with E-state index in [4.69, 9.17) is 0 Å². The largest absolute Gasteiger partial charge is 0.309 e. The molecule has 1 nitrogen and oxygen atoms in total. The van der Waals surface area contributed by atoms with Gasteiger partial charge in [-0.25, -0.2) is 4.39 Å². The lowest BCUT2D eigenvalue weighted by Gasteiger charge is -2.17. The Kier molecular flexibility index (Phi) is 4.59. The van der Waals surface area contributed by atoms with E-state index in [1.54, 1.807) is 17.4 Å². The molecule has 0 aliphatic carbocycles. The van der Waals surface area contributed by atoms with Crippen LogP contribution < -0.4 is 5.32 Å². The zero-order valence-electron chi connectivity index (χ0n) is 9.93. The molecule has 0 saturated carbocycles. The monoisotopic (exact) mass is 391 g/mol. The zero-order chi connectivity index (χ0) is 13.3. The van der Waals surface area contributed by atoms with E-state index in [2.05, 4.69) is 50.2 Å². The van der Waals surface area contributed by atoms with Gasteiger partial charge >= 0.3 is 0 Å². The molecule has 0 aliphatic heterocycles. The topological polar surface area (TPSA) is 12.0 Å². The molecule has 0 saturated heterocycles. The standard InChI is InChI=1S/C13H12Br2FNS/c1-7-6-9(14)13(18-7)12(17-2)8-4-3-5-10(16)11(8)15/h3-6,12,17H,1-2H3. The normalized spacial score (nSPS) is 12.7. The van der Waals surface area contributed by atoms with Crippen molar-refractivity contribution in [3.8, 4) is 0 Å². The summed E-state index contributed by atoms with van der Waals surface area (Å²) in [6, 6.07) is 7.17. The first-order valence-electron chi connectivity index (χ1n) is 5.41. The summed E-state index contributed by atoms with van der Waals surface area (Å²) in [4.78, 5) is 2.38. The lowest BCUT2D eigenvalue weighted by Crippen LogP contribution is -2.17. The average Bonchev–Trinajstić information content (AvgIpc) is 2.65. The number of halogens is 3. The number of benzene rings is 1. The number of aryl methyl sites for hydroxylation is 1. The van der Waals surface area contributed by atoms with Crippen molar-refractivity contribution in [2.24, 2.45) is 0 Å². The molecule has 0 aliphatic rings. The molecule has 0 fully saturated rings. The van der Waals surface area contributed by atoms with Crippen LogP contribution in [0.25, 0.3) is 0 Å². The van der Waals surface area contributed by atoms with Gasteiger partial charge in [-0.2, -0.15) is 0 Å². The van der Waals surface area contributed by atoms with Crippen molar-refractivity contribution in [2.75, 3.05) is 7.05 Å². The van der Waals surface area contributed by atoms with Crippen molar-refractivity contribution in [3.05, 3.63) is 54.3 Å². The molecule has 2 aromatic rings. The second-order valence-corrected chi connectivity index (χ2v) is 6.87. The van der Waals surface area contributed by atoms with E-state index in [9.17, 15) is 4.39 Å². The van der Waals surface area contributed by atoms with Crippen LogP contribution in [0.1, 0.15) is 21.4 Å². The van der Waals surface area contributed by atoms with E-state index in [1.807, 2.05) is 13.1 Å². The van der Waals surface area contributed by atoms with Gasteiger partial charge in [0.1, 0.15) is 5.82 Å². The lowest BCUT2D eigenvalue weighted by molar-refractivity contribution is 0.609. The third kappa shape index (κ3) is 2.69. The Morgan fingerprint density at radius 2 is 2.06 bits per heavy atom. The Balaban J connectivity index is 2.52. The molecule has 5 heteroatoms. The van der Waals surface area contributed by atoms with E-state index in [1.165, 1.54) is 10.9 Å². The van der Waals surface area contributed by atoms with E-state index >= 15 is 0 Å². The Morgan fingerprint density at radius 3 is 2.61 bits per heavy atom. The molecule has 0 radical (unpaired) electrons. The van der Waals surface area contributed by atoms with Crippen molar-refractivity contribution in [1.82, 2.24) is 5.32 Å². The summed E-state index contributed by atoms with van der Waals surface area (Å²) in [5.41, 5.74) is 0.903. The van der Waals surface area contributed by atoms with E-state index in [-0.39, 0.29) is 11.9 Å². The number of hydrogen-bond acceptors (Lipinski definition) is 2. The van der Waals surface area contributed by atoms with Crippen LogP contribution >= 0.6 is 43.2 Å². The van der Waals surface area contributed by atoms with Gasteiger partial charge in [0.15, 0.2) is 0 Å². The maximum absolute atomic E-state index is 13.6. The van der Waals surface area contributed by atoms with Gasteiger partial charge < -0.3 is 5.32 Å². The molecule has 0 amide bonds. The fourth-order valence-corrected chi connectivity index (χ4v) is 4.37. The van der Waals surface area contributed by atoms with E-state index in [0.717, 1.165) is 14.9 Å². The number of nitrogens with one attached hydrogen (secondary N) is 1. The Labute approximate surface area is 127 Å². The van der Waals surface area contributed by atoms with Gasteiger partial charge in [-0.15, -0.1) is 11.3 Å². The fourth-order valence-electron chi connectivity index (χ4n) is 1.87. The molecule has 0 spiro atoms. The minimum atomic E-state index is -0.239. The summed E-state index contributed by atoms with van der Waals surface area (Å²) in [5.74, 6) is -0.239. The van der Waals surface area contributed by atoms with Crippen LogP contribution in [0.4, 0.5) is 4.39 Å². The van der Waals surface area contributed by atoms with Gasteiger partial charge in [-0.3, -0.25) is 0 Å². The summed E-state index contributed by atoms with van der Waals surface area (Å²) in [6.45, 7) is 2.06. The van der Waals surface area contributed by atoms with Crippen LogP contribution in [0.5, 0.6) is 0 Å². The van der Waals surface area contributed by atoms with Crippen molar-refractivity contribution in [3.63, 3.8) is 0 Å².